The van der Waals surface area contributed by atoms with Crippen molar-refractivity contribution in [3.8, 4) is 0 Å². The maximum Gasteiger partial charge on any atom is 0.147 e. The lowest BCUT2D eigenvalue weighted by Crippen LogP contribution is -2.47. The summed E-state index contributed by atoms with van der Waals surface area (Å²) in [5, 5.41) is 0.935. The molecule has 3 heterocycles. The van der Waals surface area contributed by atoms with E-state index in [-0.39, 0.29) is 5.82 Å². The molecule has 8 heteroatoms. The highest BCUT2D eigenvalue weighted by Gasteiger charge is 2.19. The average Bonchev–Trinajstić information content (AvgIpc) is 2.63. The SMILES string of the molecule is Fc1ccc(N2CCN(c3cnc4cc(Cl)c(Cl)cc4n3)CC2)nc1. The molecule has 0 spiro atoms. The number of piperazine rings is 1. The fourth-order valence-corrected chi connectivity index (χ4v) is 3.19. The molecule has 1 aromatic carbocycles. The van der Waals surface area contributed by atoms with E-state index in [1.807, 2.05) is 0 Å². The molecule has 3 aromatic rings. The van der Waals surface area contributed by atoms with Gasteiger partial charge in [-0.25, -0.2) is 14.4 Å². The van der Waals surface area contributed by atoms with Gasteiger partial charge in [-0.1, -0.05) is 23.2 Å². The van der Waals surface area contributed by atoms with Gasteiger partial charge in [-0.2, -0.15) is 0 Å². The molecule has 128 valence electrons. The number of hydrogen-bond acceptors (Lipinski definition) is 5. The van der Waals surface area contributed by atoms with Crippen LogP contribution in [-0.4, -0.2) is 41.1 Å². The molecule has 0 atom stereocenters. The Bertz CT molecular complexity index is 911. The molecule has 1 aliphatic rings. The molecule has 0 amide bonds. The molecule has 0 unspecified atom stereocenters. The van der Waals surface area contributed by atoms with Crippen molar-refractivity contribution in [1.29, 1.82) is 0 Å². The van der Waals surface area contributed by atoms with Gasteiger partial charge >= 0.3 is 0 Å². The maximum absolute atomic E-state index is 13.0. The summed E-state index contributed by atoms with van der Waals surface area (Å²) < 4.78 is 13.0. The molecule has 4 rings (SSSR count). The van der Waals surface area contributed by atoms with E-state index in [0.29, 0.717) is 15.6 Å². The summed E-state index contributed by atoms with van der Waals surface area (Å²) in [7, 11) is 0. The van der Waals surface area contributed by atoms with Gasteiger partial charge in [0.15, 0.2) is 0 Å². The highest BCUT2D eigenvalue weighted by Crippen LogP contribution is 2.27. The third kappa shape index (κ3) is 3.32. The van der Waals surface area contributed by atoms with Crippen LogP contribution in [0.15, 0.2) is 36.7 Å². The topological polar surface area (TPSA) is 45.2 Å². The van der Waals surface area contributed by atoms with Crippen LogP contribution < -0.4 is 9.80 Å². The van der Waals surface area contributed by atoms with Crippen LogP contribution in [0.1, 0.15) is 0 Å². The Morgan fingerprint density at radius 3 is 2.08 bits per heavy atom. The molecule has 1 fully saturated rings. The molecule has 2 aromatic heterocycles. The highest BCUT2D eigenvalue weighted by atomic mass is 35.5. The zero-order valence-electron chi connectivity index (χ0n) is 13.2. The van der Waals surface area contributed by atoms with Crippen molar-refractivity contribution in [2.24, 2.45) is 0 Å². The van der Waals surface area contributed by atoms with Gasteiger partial charge in [0.2, 0.25) is 0 Å². The molecule has 1 aliphatic heterocycles. The fourth-order valence-electron chi connectivity index (χ4n) is 2.87. The second kappa shape index (κ2) is 6.61. The largest absolute Gasteiger partial charge is 0.353 e. The highest BCUT2D eigenvalue weighted by molar-refractivity contribution is 6.42. The standard InChI is InChI=1S/C17H14Cl2FN5/c18-12-7-14-15(8-13(12)19)23-17(10-21-14)25-5-3-24(4-6-25)16-2-1-11(20)9-22-16/h1-2,7-10H,3-6H2. The summed E-state index contributed by atoms with van der Waals surface area (Å²) >= 11 is 12.1. The summed E-state index contributed by atoms with van der Waals surface area (Å²) in [6.45, 7) is 3.11. The number of rotatable bonds is 2. The van der Waals surface area contributed by atoms with Gasteiger partial charge in [-0.3, -0.25) is 4.98 Å². The predicted molar refractivity (Wildman–Crippen MR) is 98.2 cm³/mol. The number of nitrogens with zero attached hydrogens (tertiary/aromatic N) is 5. The van der Waals surface area contributed by atoms with Gasteiger partial charge in [0, 0.05) is 26.2 Å². The predicted octanol–water partition coefficient (Wildman–Crippen LogP) is 3.80. The monoisotopic (exact) mass is 377 g/mol. The first-order valence-electron chi connectivity index (χ1n) is 7.83. The van der Waals surface area contributed by atoms with E-state index in [1.165, 1.54) is 12.3 Å². The first-order valence-corrected chi connectivity index (χ1v) is 8.59. The first kappa shape index (κ1) is 16.3. The van der Waals surface area contributed by atoms with Crippen LogP contribution in [0.3, 0.4) is 0 Å². The van der Waals surface area contributed by atoms with Crippen molar-refractivity contribution in [1.82, 2.24) is 15.0 Å². The molecule has 5 nitrogen and oxygen atoms in total. The number of benzene rings is 1. The zero-order chi connectivity index (χ0) is 17.4. The van der Waals surface area contributed by atoms with E-state index in [4.69, 9.17) is 23.2 Å². The summed E-state index contributed by atoms with van der Waals surface area (Å²) in [6, 6.07) is 6.58. The smallest absolute Gasteiger partial charge is 0.147 e. The quantitative estimate of drug-likeness (QED) is 0.679. The molecule has 1 saturated heterocycles. The number of pyridine rings is 1. The lowest BCUT2D eigenvalue weighted by Gasteiger charge is -2.35. The van der Waals surface area contributed by atoms with Crippen molar-refractivity contribution in [3.05, 3.63) is 52.5 Å². The van der Waals surface area contributed by atoms with E-state index in [0.717, 1.165) is 43.3 Å². The average molecular weight is 378 g/mol. The van der Waals surface area contributed by atoms with Gasteiger partial charge in [0.1, 0.15) is 17.5 Å². The normalized spacial score (nSPS) is 15.0. The maximum atomic E-state index is 13.0. The lowest BCUT2D eigenvalue weighted by molar-refractivity contribution is 0.614. The van der Waals surface area contributed by atoms with Gasteiger partial charge in [-0.05, 0) is 24.3 Å². The Morgan fingerprint density at radius 2 is 1.44 bits per heavy atom. The van der Waals surface area contributed by atoms with Crippen LogP contribution >= 0.6 is 23.2 Å². The van der Waals surface area contributed by atoms with Crippen molar-refractivity contribution in [2.75, 3.05) is 36.0 Å². The Kier molecular flexibility index (Phi) is 4.31. The first-order chi connectivity index (χ1) is 12.1. The summed E-state index contributed by atoms with van der Waals surface area (Å²) in [5.41, 5.74) is 1.43. The molecule has 25 heavy (non-hydrogen) atoms. The van der Waals surface area contributed by atoms with Crippen molar-refractivity contribution >= 4 is 45.9 Å². The van der Waals surface area contributed by atoms with Crippen LogP contribution in [0.4, 0.5) is 16.0 Å². The van der Waals surface area contributed by atoms with Crippen LogP contribution in [0, 0.1) is 5.82 Å². The van der Waals surface area contributed by atoms with Gasteiger partial charge in [0.25, 0.3) is 0 Å². The summed E-state index contributed by atoms with van der Waals surface area (Å²) in [6.07, 6.45) is 2.99. The molecule has 0 radical (unpaired) electrons. The third-order valence-corrected chi connectivity index (χ3v) is 4.93. The Hall–Kier alpha value is -2.18. The van der Waals surface area contributed by atoms with Crippen LogP contribution in [-0.2, 0) is 0 Å². The molecule has 0 aliphatic carbocycles. The van der Waals surface area contributed by atoms with E-state index >= 15 is 0 Å². The second-order valence-corrected chi connectivity index (χ2v) is 6.61. The Labute approximate surface area is 154 Å². The minimum absolute atomic E-state index is 0.326. The van der Waals surface area contributed by atoms with Crippen molar-refractivity contribution in [3.63, 3.8) is 0 Å². The minimum Gasteiger partial charge on any atom is -0.353 e. The summed E-state index contributed by atoms with van der Waals surface area (Å²) in [5.74, 6) is 1.26. The van der Waals surface area contributed by atoms with E-state index in [2.05, 4.69) is 24.8 Å². The number of fused-ring (bicyclic) bond motifs is 1. The second-order valence-electron chi connectivity index (χ2n) is 5.79. The molecular formula is C17H14Cl2FN5. The number of anilines is 2. The van der Waals surface area contributed by atoms with Crippen LogP contribution in [0.2, 0.25) is 10.0 Å². The minimum atomic E-state index is -0.326. The van der Waals surface area contributed by atoms with Gasteiger partial charge in [0.05, 0.1) is 33.5 Å². The number of halogens is 3. The van der Waals surface area contributed by atoms with Crippen molar-refractivity contribution < 1.29 is 4.39 Å². The van der Waals surface area contributed by atoms with Crippen LogP contribution in [0.25, 0.3) is 11.0 Å². The van der Waals surface area contributed by atoms with Crippen LogP contribution in [0.5, 0.6) is 0 Å². The molecule has 0 N–H and O–H groups in total. The Balaban J connectivity index is 1.51. The molecule has 0 bridgehead atoms. The lowest BCUT2D eigenvalue weighted by atomic mass is 10.3. The third-order valence-electron chi connectivity index (χ3n) is 4.21. The van der Waals surface area contributed by atoms with E-state index in [9.17, 15) is 4.39 Å². The van der Waals surface area contributed by atoms with Crippen molar-refractivity contribution in [2.45, 2.75) is 0 Å². The molecule has 0 saturated carbocycles. The number of aromatic nitrogens is 3. The van der Waals surface area contributed by atoms with Gasteiger partial charge < -0.3 is 9.80 Å². The zero-order valence-corrected chi connectivity index (χ0v) is 14.7. The van der Waals surface area contributed by atoms with E-state index < -0.39 is 0 Å². The summed E-state index contributed by atoms with van der Waals surface area (Å²) in [4.78, 5) is 17.5. The number of hydrogen-bond donors (Lipinski definition) is 0. The molecular weight excluding hydrogens is 364 g/mol. The Morgan fingerprint density at radius 1 is 0.800 bits per heavy atom. The fraction of sp³-hybridized carbons (Fsp3) is 0.235. The van der Waals surface area contributed by atoms with Gasteiger partial charge in [-0.15, -0.1) is 0 Å². The van der Waals surface area contributed by atoms with E-state index in [1.54, 1.807) is 24.4 Å².